The summed E-state index contributed by atoms with van der Waals surface area (Å²) in [6.45, 7) is 0.689. The first-order valence-electron chi connectivity index (χ1n) is 9.22. The Kier molecular flexibility index (Phi) is 4.96. The highest BCUT2D eigenvalue weighted by Crippen LogP contribution is 2.33. The molecule has 4 rings (SSSR count). The number of carbonyl (C=O) groups excluding carboxylic acids is 1. The maximum atomic E-state index is 12.9. The Morgan fingerprint density at radius 2 is 2.04 bits per heavy atom. The Hall–Kier alpha value is -3.02. The second kappa shape index (κ2) is 7.70. The molecule has 1 aliphatic rings. The zero-order valence-corrected chi connectivity index (χ0v) is 15.3. The van der Waals surface area contributed by atoms with E-state index in [0.29, 0.717) is 18.1 Å². The van der Waals surface area contributed by atoms with Crippen molar-refractivity contribution < 1.29 is 18.5 Å². The van der Waals surface area contributed by atoms with E-state index in [1.165, 1.54) is 6.26 Å². The second-order valence-corrected chi connectivity index (χ2v) is 6.69. The third kappa shape index (κ3) is 3.60. The summed E-state index contributed by atoms with van der Waals surface area (Å²) in [7, 11) is 1.64. The first kappa shape index (κ1) is 17.4. The number of benzene rings is 1. The third-order valence-electron chi connectivity index (χ3n) is 4.99. The van der Waals surface area contributed by atoms with Gasteiger partial charge in [-0.05, 0) is 49.2 Å². The number of amides is 1. The molecule has 1 aromatic carbocycles. The van der Waals surface area contributed by atoms with Crippen molar-refractivity contribution in [1.29, 1.82) is 0 Å². The van der Waals surface area contributed by atoms with E-state index in [2.05, 4.69) is 5.16 Å². The lowest BCUT2D eigenvalue weighted by atomic mass is 10.0. The zero-order chi connectivity index (χ0) is 18.6. The Balaban J connectivity index is 1.61. The maximum absolute atomic E-state index is 12.9. The van der Waals surface area contributed by atoms with Gasteiger partial charge >= 0.3 is 0 Å². The van der Waals surface area contributed by atoms with E-state index in [9.17, 15) is 4.79 Å². The van der Waals surface area contributed by atoms with Gasteiger partial charge in [-0.25, -0.2) is 0 Å². The lowest BCUT2D eigenvalue weighted by Crippen LogP contribution is -2.34. The Labute approximate surface area is 157 Å². The molecule has 6 heteroatoms. The van der Waals surface area contributed by atoms with Crippen molar-refractivity contribution in [2.75, 3.05) is 13.7 Å². The quantitative estimate of drug-likeness (QED) is 0.669. The molecular weight excluding hydrogens is 344 g/mol. The highest BCUT2D eigenvalue weighted by Gasteiger charge is 2.31. The molecule has 27 heavy (non-hydrogen) atoms. The van der Waals surface area contributed by atoms with Gasteiger partial charge in [0.15, 0.2) is 11.5 Å². The summed E-state index contributed by atoms with van der Waals surface area (Å²) >= 11 is 0. The lowest BCUT2D eigenvalue weighted by molar-refractivity contribution is 0.0641. The molecule has 1 amide bonds. The lowest BCUT2D eigenvalue weighted by Gasteiger charge is -2.27. The average molecular weight is 366 g/mol. The molecule has 0 saturated carbocycles. The smallest absolute Gasteiger partial charge is 0.290 e. The summed E-state index contributed by atoms with van der Waals surface area (Å²) < 4.78 is 16.1. The molecule has 2 aromatic heterocycles. The molecule has 0 spiro atoms. The first-order valence-corrected chi connectivity index (χ1v) is 9.22. The summed E-state index contributed by atoms with van der Waals surface area (Å²) in [6.07, 6.45) is 5.52. The third-order valence-corrected chi connectivity index (χ3v) is 4.99. The van der Waals surface area contributed by atoms with Gasteiger partial charge in [-0.3, -0.25) is 4.79 Å². The van der Waals surface area contributed by atoms with Crippen molar-refractivity contribution in [3.63, 3.8) is 0 Å². The second-order valence-electron chi connectivity index (χ2n) is 6.69. The van der Waals surface area contributed by atoms with E-state index in [0.717, 1.165) is 42.7 Å². The van der Waals surface area contributed by atoms with Crippen LogP contribution in [0.3, 0.4) is 0 Å². The van der Waals surface area contributed by atoms with Crippen LogP contribution in [-0.4, -0.2) is 29.6 Å². The highest BCUT2D eigenvalue weighted by molar-refractivity contribution is 5.91. The van der Waals surface area contributed by atoms with Gasteiger partial charge in [0.05, 0.1) is 19.4 Å². The van der Waals surface area contributed by atoms with Crippen LogP contribution < -0.4 is 4.74 Å². The molecule has 6 nitrogen and oxygen atoms in total. The van der Waals surface area contributed by atoms with Crippen LogP contribution >= 0.6 is 0 Å². The number of methoxy groups -OCH3 is 1. The fourth-order valence-corrected chi connectivity index (χ4v) is 3.54. The van der Waals surface area contributed by atoms with Crippen molar-refractivity contribution >= 4 is 5.91 Å². The average Bonchev–Trinajstić information content (AvgIpc) is 3.36. The molecule has 0 N–H and O–H groups in total. The van der Waals surface area contributed by atoms with Crippen molar-refractivity contribution in [3.05, 3.63) is 60.2 Å². The number of nitrogens with zero attached hydrogens (tertiary/aromatic N) is 2. The molecule has 1 atom stereocenters. The van der Waals surface area contributed by atoms with E-state index in [1.807, 2.05) is 35.2 Å². The van der Waals surface area contributed by atoms with E-state index in [-0.39, 0.29) is 11.9 Å². The number of hydrogen-bond donors (Lipinski definition) is 0. The fourth-order valence-electron chi connectivity index (χ4n) is 3.54. The molecule has 1 fully saturated rings. The van der Waals surface area contributed by atoms with Crippen molar-refractivity contribution in [2.24, 2.45) is 0 Å². The van der Waals surface area contributed by atoms with Crippen LogP contribution in [0.15, 0.2) is 57.7 Å². The van der Waals surface area contributed by atoms with Gasteiger partial charge in [0, 0.05) is 18.2 Å². The van der Waals surface area contributed by atoms with E-state index in [4.69, 9.17) is 13.7 Å². The van der Waals surface area contributed by atoms with Crippen LogP contribution in [0.5, 0.6) is 5.75 Å². The van der Waals surface area contributed by atoms with Crippen LogP contribution in [0.2, 0.25) is 0 Å². The minimum Gasteiger partial charge on any atom is -0.497 e. The minimum atomic E-state index is -0.110. The van der Waals surface area contributed by atoms with Gasteiger partial charge in [-0.15, -0.1) is 0 Å². The maximum Gasteiger partial charge on any atom is 0.290 e. The Bertz CT molecular complexity index is 883. The normalized spacial score (nSPS) is 17.5. The number of ether oxygens (including phenoxy) is 1. The summed E-state index contributed by atoms with van der Waals surface area (Å²) in [6, 6.07) is 12.9. The molecule has 0 radical (unpaired) electrons. The number of likely N-dealkylation sites (tertiary alicyclic amines) is 1. The SMILES string of the molecule is COc1ccc(-c2cc(C3CCCCCN3C(=O)c3ccco3)no2)cc1. The molecular formula is C21H22N2O4. The number of carbonyl (C=O) groups is 1. The zero-order valence-electron chi connectivity index (χ0n) is 15.3. The highest BCUT2D eigenvalue weighted by atomic mass is 16.5. The topological polar surface area (TPSA) is 68.7 Å². The molecule has 3 aromatic rings. The predicted octanol–water partition coefficient (Wildman–Crippen LogP) is 4.70. The molecule has 0 aliphatic carbocycles. The van der Waals surface area contributed by atoms with E-state index < -0.39 is 0 Å². The molecule has 1 saturated heterocycles. The van der Waals surface area contributed by atoms with Gasteiger partial charge in [0.25, 0.3) is 5.91 Å². The standard InChI is InChI=1S/C21H22N2O4/c1-25-16-10-8-15(9-11-16)20-14-17(22-27-20)18-6-3-2-4-12-23(18)21(24)19-7-5-13-26-19/h5,7-11,13-14,18H,2-4,6,12H2,1H3. The fraction of sp³-hybridized carbons (Fsp3) is 0.333. The van der Waals surface area contributed by atoms with Gasteiger partial charge in [-0.2, -0.15) is 0 Å². The van der Waals surface area contributed by atoms with Crippen molar-refractivity contribution in [3.8, 4) is 17.1 Å². The van der Waals surface area contributed by atoms with Crippen molar-refractivity contribution in [1.82, 2.24) is 10.1 Å². The minimum absolute atomic E-state index is 0.0964. The summed E-state index contributed by atoms with van der Waals surface area (Å²) in [4.78, 5) is 14.8. The monoisotopic (exact) mass is 366 g/mol. The van der Waals surface area contributed by atoms with Crippen LogP contribution in [0, 0.1) is 0 Å². The molecule has 0 bridgehead atoms. The first-order chi connectivity index (χ1) is 13.3. The number of hydrogen-bond acceptors (Lipinski definition) is 5. The molecule has 3 heterocycles. The van der Waals surface area contributed by atoms with Crippen LogP contribution in [-0.2, 0) is 0 Å². The molecule has 140 valence electrons. The van der Waals surface area contributed by atoms with Crippen LogP contribution in [0.25, 0.3) is 11.3 Å². The van der Waals surface area contributed by atoms with Crippen LogP contribution in [0.4, 0.5) is 0 Å². The predicted molar refractivity (Wildman–Crippen MR) is 99.4 cm³/mol. The van der Waals surface area contributed by atoms with Crippen molar-refractivity contribution in [2.45, 2.75) is 31.7 Å². The van der Waals surface area contributed by atoms with Crippen LogP contribution in [0.1, 0.15) is 48.0 Å². The number of rotatable bonds is 4. The number of furan rings is 1. The Morgan fingerprint density at radius 3 is 2.78 bits per heavy atom. The largest absolute Gasteiger partial charge is 0.497 e. The molecule has 1 unspecified atom stereocenters. The van der Waals surface area contributed by atoms with E-state index in [1.54, 1.807) is 19.2 Å². The van der Waals surface area contributed by atoms with Gasteiger partial charge < -0.3 is 18.6 Å². The molecule has 1 aliphatic heterocycles. The van der Waals surface area contributed by atoms with Gasteiger partial charge in [-0.1, -0.05) is 18.0 Å². The summed E-state index contributed by atoms with van der Waals surface area (Å²) in [5.41, 5.74) is 1.70. The van der Waals surface area contributed by atoms with Gasteiger partial charge in [0.2, 0.25) is 0 Å². The summed E-state index contributed by atoms with van der Waals surface area (Å²) in [5, 5.41) is 4.28. The van der Waals surface area contributed by atoms with E-state index >= 15 is 0 Å². The summed E-state index contributed by atoms with van der Waals surface area (Å²) in [5.74, 6) is 1.74. The Morgan fingerprint density at radius 1 is 1.19 bits per heavy atom. The number of aromatic nitrogens is 1. The van der Waals surface area contributed by atoms with Gasteiger partial charge in [0.1, 0.15) is 11.4 Å².